The van der Waals surface area contributed by atoms with Gasteiger partial charge in [0.1, 0.15) is 0 Å². The first-order valence-electron chi connectivity index (χ1n) is 6.27. The summed E-state index contributed by atoms with van der Waals surface area (Å²) < 4.78 is 0. The van der Waals surface area contributed by atoms with Gasteiger partial charge in [-0.2, -0.15) is 0 Å². The number of anilines is 2. The van der Waals surface area contributed by atoms with Gasteiger partial charge >= 0.3 is 11.9 Å². The van der Waals surface area contributed by atoms with Crippen LogP contribution in [0.1, 0.15) is 16.1 Å². The van der Waals surface area contributed by atoms with Crippen LogP contribution in [0.4, 0.5) is 11.6 Å². The van der Waals surface area contributed by atoms with Crippen LogP contribution in [-0.4, -0.2) is 21.8 Å². The highest BCUT2D eigenvalue weighted by molar-refractivity contribution is 6.31. The summed E-state index contributed by atoms with van der Waals surface area (Å²) in [6, 6.07) is 9.55. The fraction of sp³-hybridized carbons (Fsp3) is 0.0769. The molecule has 0 bridgehead atoms. The van der Waals surface area contributed by atoms with E-state index in [-0.39, 0.29) is 40.8 Å². The zero-order chi connectivity index (χ0) is 16.1. The van der Waals surface area contributed by atoms with Crippen molar-refractivity contribution in [3.63, 3.8) is 0 Å². The van der Waals surface area contributed by atoms with Crippen molar-refractivity contribution in [1.82, 2.24) is 15.3 Å². The van der Waals surface area contributed by atoms with E-state index in [2.05, 4.69) is 20.3 Å². The fourth-order valence-corrected chi connectivity index (χ4v) is 1.75. The van der Waals surface area contributed by atoms with Crippen LogP contribution in [0, 0.1) is 0 Å². The van der Waals surface area contributed by atoms with Crippen LogP contribution in [0.15, 0.2) is 30.3 Å². The molecule has 0 radical (unpaired) electrons. The topological polar surface area (TPSA) is 147 Å². The number of benzene rings is 1. The smallest absolute Gasteiger partial charge is 0.348 e. The number of hydrogen-bond donors (Lipinski definition) is 5. The molecule has 2 aromatic rings. The molecule has 1 aromatic heterocycles. The molecule has 8 nitrogen and oxygen atoms in total. The molecule has 122 valence electrons. The maximum absolute atomic E-state index is 12.0. The van der Waals surface area contributed by atoms with Gasteiger partial charge in [0.2, 0.25) is 0 Å². The second-order valence-corrected chi connectivity index (χ2v) is 4.70. The first-order chi connectivity index (χ1) is 10.5. The molecule has 0 saturated heterocycles. The molecule has 0 fully saturated rings. The summed E-state index contributed by atoms with van der Waals surface area (Å²) in [5.74, 6) is -0.752. The van der Waals surface area contributed by atoms with Crippen molar-refractivity contribution in [2.45, 2.75) is 6.54 Å². The highest BCUT2D eigenvalue weighted by Crippen LogP contribution is 2.16. The fourth-order valence-electron chi connectivity index (χ4n) is 1.63. The Morgan fingerprint density at radius 3 is 2.48 bits per heavy atom. The average molecular weight is 356 g/mol. The molecule has 23 heavy (non-hydrogen) atoms. The number of guanidine groups is 1. The largest absolute Gasteiger partial charge is 1.00 e. The second-order valence-electron chi connectivity index (χ2n) is 4.34. The van der Waals surface area contributed by atoms with E-state index in [1.807, 2.05) is 30.3 Å². The minimum absolute atomic E-state index is 0. The van der Waals surface area contributed by atoms with Crippen molar-refractivity contribution >= 4 is 35.1 Å². The zero-order valence-corrected chi connectivity index (χ0v) is 13.4. The third-order valence-corrected chi connectivity index (χ3v) is 2.97. The van der Waals surface area contributed by atoms with Crippen LogP contribution >= 0.6 is 11.6 Å². The number of carbonyl (C=O) groups excluding carboxylic acids is 1. The predicted octanol–water partition coefficient (Wildman–Crippen LogP) is -4.38. The van der Waals surface area contributed by atoms with E-state index < -0.39 is 5.91 Å². The lowest BCUT2D eigenvalue weighted by molar-refractivity contribution is -0.478. The van der Waals surface area contributed by atoms with Crippen molar-refractivity contribution in [2.24, 2.45) is 5.73 Å². The first-order valence-corrected chi connectivity index (χ1v) is 6.65. The third kappa shape index (κ3) is 4.97. The molecule has 1 heterocycles. The minimum atomic E-state index is -0.634. The van der Waals surface area contributed by atoms with Gasteiger partial charge in [-0.1, -0.05) is 41.9 Å². The van der Waals surface area contributed by atoms with Gasteiger partial charge in [0.05, 0.1) is 6.54 Å². The lowest BCUT2D eigenvalue weighted by Crippen LogP contribution is -3.00. The molecule has 0 aliphatic rings. The first kappa shape index (κ1) is 18.5. The van der Waals surface area contributed by atoms with Crippen molar-refractivity contribution in [2.75, 3.05) is 11.5 Å². The molecule has 0 atom stereocenters. The maximum Gasteiger partial charge on any atom is 0.348 e. The summed E-state index contributed by atoms with van der Waals surface area (Å²) in [7, 11) is 0. The number of nitrogens with two attached hydrogens (primary N) is 3. The predicted molar refractivity (Wildman–Crippen MR) is 83.6 cm³/mol. The summed E-state index contributed by atoms with van der Waals surface area (Å²) in [5.41, 5.74) is 17.6. The number of carbonyl (C=O) groups is 1. The zero-order valence-electron chi connectivity index (χ0n) is 11.9. The lowest BCUT2D eigenvalue weighted by atomic mass is 10.2. The van der Waals surface area contributed by atoms with Crippen molar-refractivity contribution in [3.05, 3.63) is 46.7 Å². The third-order valence-electron chi connectivity index (χ3n) is 2.69. The lowest BCUT2D eigenvalue weighted by Gasteiger charge is -2.04. The van der Waals surface area contributed by atoms with Crippen LogP contribution in [0.2, 0.25) is 5.15 Å². The number of amides is 1. The van der Waals surface area contributed by atoms with Crippen LogP contribution in [0.25, 0.3) is 0 Å². The molecule has 1 amide bonds. The Morgan fingerprint density at radius 1 is 1.17 bits per heavy atom. The normalized spacial score (nSPS) is 10.7. The molecule has 2 rings (SSSR count). The van der Waals surface area contributed by atoms with Crippen LogP contribution in [0.3, 0.4) is 0 Å². The summed E-state index contributed by atoms with van der Waals surface area (Å²) in [6.45, 7) is 0.455. The van der Waals surface area contributed by atoms with Crippen molar-refractivity contribution in [1.29, 1.82) is 0 Å². The van der Waals surface area contributed by atoms with E-state index in [4.69, 9.17) is 28.8 Å². The van der Waals surface area contributed by atoms with E-state index in [1.54, 1.807) is 0 Å². The molecule has 0 aliphatic heterocycles. The Hall–Kier alpha value is -2.58. The summed E-state index contributed by atoms with van der Waals surface area (Å²) in [4.78, 5) is 22.4. The quantitative estimate of drug-likeness (QED) is 0.277. The van der Waals surface area contributed by atoms with Crippen LogP contribution < -0.4 is 39.9 Å². The Balaban J connectivity index is 0.00000264. The number of nitrogens with one attached hydrogen (secondary N) is 2. The SMILES string of the molecule is NC(NC(=O)c1nc(Cl)c(N)nc1N)=[NH+]Cc1ccccc1.[Cl-]. The van der Waals surface area contributed by atoms with Gasteiger partial charge < -0.3 is 23.9 Å². The van der Waals surface area contributed by atoms with Gasteiger partial charge in [0, 0.05) is 0 Å². The molecular weight excluding hydrogens is 341 g/mol. The van der Waals surface area contributed by atoms with E-state index >= 15 is 0 Å². The van der Waals surface area contributed by atoms with Gasteiger partial charge in [-0.05, 0) is 5.56 Å². The van der Waals surface area contributed by atoms with Gasteiger partial charge in [-0.3, -0.25) is 10.7 Å². The molecule has 0 spiro atoms. The van der Waals surface area contributed by atoms with Crippen molar-refractivity contribution < 1.29 is 22.2 Å². The molecule has 0 aliphatic carbocycles. The number of halogens is 2. The van der Waals surface area contributed by atoms with Gasteiger partial charge in [-0.25, -0.2) is 20.1 Å². The Labute approximate surface area is 143 Å². The van der Waals surface area contributed by atoms with Crippen molar-refractivity contribution in [3.8, 4) is 0 Å². The van der Waals surface area contributed by atoms with E-state index in [9.17, 15) is 4.79 Å². The number of aromatic nitrogens is 2. The van der Waals surface area contributed by atoms with E-state index in [1.165, 1.54) is 0 Å². The minimum Gasteiger partial charge on any atom is -1.00 e. The second kappa shape index (κ2) is 8.16. The number of hydrogen-bond acceptors (Lipinski definition) is 5. The maximum atomic E-state index is 12.0. The van der Waals surface area contributed by atoms with Gasteiger partial charge in [0.15, 0.2) is 22.5 Å². The summed E-state index contributed by atoms with van der Waals surface area (Å²) in [5, 5.41) is 2.31. The molecule has 10 heteroatoms. The summed E-state index contributed by atoms with van der Waals surface area (Å²) >= 11 is 5.72. The molecule has 8 N–H and O–H groups in total. The summed E-state index contributed by atoms with van der Waals surface area (Å²) in [6.07, 6.45) is 0. The number of nitrogens with zero attached hydrogens (tertiary/aromatic N) is 2. The number of nitrogen functional groups attached to an aromatic ring is 2. The van der Waals surface area contributed by atoms with Crippen LogP contribution in [-0.2, 0) is 6.54 Å². The van der Waals surface area contributed by atoms with Gasteiger partial charge in [-0.15, -0.1) is 0 Å². The average Bonchev–Trinajstić information content (AvgIpc) is 2.50. The van der Waals surface area contributed by atoms with Gasteiger partial charge in [0.25, 0.3) is 0 Å². The molecule has 0 saturated carbocycles. The Kier molecular flexibility index (Phi) is 6.55. The monoisotopic (exact) mass is 355 g/mol. The highest BCUT2D eigenvalue weighted by atomic mass is 35.5. The standard InChI is InChI=1S/C13H14ClN7O.ClH/c14-9-11(16)20-10(15)8(19-9)12(22)21-13(17)18-6-7-4-2-1-3-5-7;/h1-5H,6H2,(H4,15,16,20)(H3,17,18,21,22);1H. The Bertz CT molecular complexity index is 722. The Morgan fingerprint density at radius 2 is 1.83 bits per heavy atom. The number of rotatable bonds is 3. The van der Waals surface area contributed by atoms with E-state index in [0.717, 1.165) is 5.56 Å². The molecule has 0 unspecified atom stereocenters. The highest BCUT2D eigenvalue weighted by Gasteiger charge is 2.19. The molecule has 1 aromatic carbocycles. The molecular formula is C13H15Cl2N7O. The van der Waals surface area contributed by atoms with Crippen LogP contribution in [0.5, 0.6) is 0 Å². The van der Waals surface area contributed by atoms with E-state index in [0.29, 0.717) is 6.54 Å².